The lowest BCUT2D eigenvalue weighted by Crippen LogP contribution is -2.53. The van der Waals surface area contributed by atoms with E-state index < -0.39 is 5.97 Å². The zero-order valence-electron chi connectivity index (χ0n) is 10.9. The van der Waals surface area contributed by atoms with Crippen LogP contribution in [0.1, 0.15) is 38.2 Å². The lowest BCUT2D eigenvalue weighted by Gasteiger charge is -2.56. The van der Waals surface area contributed by atoms with E-state index in [0.29, 0.717) is 6.54 Å². The number of benzene rings is 1. The van der Waals surface area contributed by atoms with Crippen molar-refractivity contribution < 1.29 is 9.90 Å². The van der Waals surface area contributed by atoms with Crippen LogP contribution in [-0.2, 0) is 10.2 Å². The van der Waals surface area contributed by atoms with Crippen molar-refractivity contribution in [3.8, 4) is 0 Å². The molecule has 0 bridgehead atoms. The summed E-state index contributed by atoms with van der Waals surface area (Å²) in [5, 5.41) is 9.00. The summed E-state index contributed by atoms with van der Waals surface area (Å²) in [7, 11) is 0. The molecular weight excluding hydrogens is 226 g/mol. The third-order valence-electron chi connectivity index (χ3n) is 4.45. The first-order chi connectivity index (χ1) is 8.56. The Morgan fingerprint density at radius 2 is 1.94 bits per heavy atom. The van der Waals surface area contributed by atoms with Gasteiger partial charge in [0.25, 0.3) is 0 Å². The predicted octanol–water partition coefficient (Wildman–Crippen LogP) is 2.55. The van der Waals surface area contributed by atoms with Crippen LogP contribution in [-0.4, -0.2) is 17.6 Å². The smallest absolute Gasteiger partial charge is 0.303 e. The molecule has 1 saturated carbocycles. The van der Waals surface area contributed by atoms with Crippen molar-refractivity contribution in [1.82, 2.24) is 0 Å². The summed E-state index contributed by atoms with van der Waals surface area (Å²) < 4.78 is 0. The fourth-order valence-electron chi connectivity index (χ4n) is 3.50. The molecule has 0 spiro atoms. The largest absolute Gasteiger partial charge is 0.481 e. The number of carboxylic acid groups (broad SMARTS) is 1. The lowest BCUT2D eigenvalue weighted by atomic mass is 9.48. The van der Waals surface area contributed by atoms with Crippen molar-refractivity contribution in [2.45, 2.75) is 38.0 Å². The molecule has 1 aliphatic rings. The third kappa shape index (κ3) is 2.15. The molecule has 0 heterocycles. The topological polar surface area (TPSA) is 63.3 Å². The van der Waals surface area contributed by atoms with Crippen LogP contribution in [0.25, 0.3) is 0 Å². The minimum Gasteiger partial charge on any atom is -0.481 e. The molecule has 0 atom stereocenters. The molecule has 18 heavy (non-hydrogen) atoms. The van der Waals surface area contributed by atoms with E-state index in [9.17, 15) is 4.79 Å². The minimum atomic E-state index is -0.738. The highest BCUT2D eigenvalue weighted by Gasteiger charge is 2.54. The van der Waals surface area contributed by atoms with E-state index in [-0.39, 0.29) is 17.3 Å². The van der Waals surface area contributed by atoms with E-state index in [4.69, 9.17) is 10.8 Å². The first kappa shape index (κ1) is 13.1. The van der Waals surface area contributed by atoms with Crippen LogP contribution in [0.4, 0.5) is 0 Å². The maximum atomic E-state index is 10.9. The van der Waals surface area contributed by atoms with Crippen molar-refractivity contribution >= 4 is 5.97 Å². The normalized spacial score (nSPS) is 30.8. The average Bonchev–Trinajstić information content (AvgIpc) is 2.34. The first-order valence-electron chi connectivity index (χ1n) is 6.53. The van der Waals surface area contributed by atoms with Gasteiger partial charge in [0.05, 0.1) is 6.42 Å². The molecule has 1 aromatic rings. The molecule has 3 N–H and O–H groups in total. The lowest BCUT2D eigenvalue weighted by molar-refractivity contribution is -0.143. The van der Waals surface area contributed by atoms with Crippen molar-refractivity contribution in [3.05, 3.63) is 35.9 Å². The predicted molar refractivity (Wildman–Crippen MR) is 71.4 cm³/mol. The summed E-state index contributed by atoms with van der Waals surface area (Å²) in [4.78, 5) is 10.9. The average molecular weight is 247 g/mol. The van der Waals surface area contributed by atoms with Gasteiger partial charge in [-0.25, -0.2) is 0 Å². The van der Waals surface area contributed by atoms with Crippen LogP contribution in [0.3, 0.4) is 0 Å². The first-order valence-corrected chi connectivity index (χ1v) is 6.53. The van der Waals surface area contributed by atoms with Crippen LogP contribution < -0.4 is 5.73 Å². The van der Waals surface area contributed by atoms with Gasteiger partial charge in [0.2, 0.25) is 0 Å². The number of aliphatic carboxylic acids is 1. The summed E-state index contributed by atoms with van der Waals surface area (Å²) in [6.07, 6.45) is 3.02. The summed E-state index contributed by atoms with van der Waals surface area (Å²) in [6, 6.07) is 10.4. The van der Waals surface area contributed by atoms with E-state index in [1.54, 1.807) is 0 Å². The quantitative estimate of drug-likeness (QED) is 0.840. The molecule has 3 heteroatoms. The van der Waals surface area contributed by atoms with Gasteiger partial charge in [-0.3, -0.25) is 4.79 Å². The Morgan fingerprint density at radius 1 is 1.33 bits per heavy atom. The zero-order valence-corrected chi connectivity index (χ0v) is 10.9. The Kier molecular flexibility index (Phi) is 3.44. The Bertz CT molecular complexity index is 421. The molecule has 0 amide bonds. The standard InChI is InChI=1S/C15H21NO2/c1-2-15(12-6-4-3-5-7-12)9-14(10-15,11-16)8-13(17)18/h3-7H,2,8-11,16H2,1H3,(H,17,18)/t14-,15-. The molecule has 1 aromatic carbocycles. The van der Waals surface area contributed by atoms with Crippen molar-refractivity contribution in [1.29, 1.82) is 0 Å². The number of nitrogens with two attached hydrogens (primary N) is 1. The number of hydrogen-bond donors (Lipinski definition) is 2. The molecule has 0 radical (unpaired) electrons. The summed E-state index contributed by atoms with van der Waals surface area (Å²) >= 11 is 0. The van der Waals surface area contributed by atoms with Gasteiger partial charge >= 0.3 is 5.97 Å². The highest BCUT2D eigenvalue weighted by Crippen LogP contribution is 2.58. The third-order valence-corrected chi connectivity index (χ3v) is 4.45. The second kappa shape index (κ2) is 4.73. The van der Waals surface area contributed by atoms with Gasteiger partial charge in [-0.15, -0.1) is 0 Å². The molecule has 0 aromatic heterocycles. The van der Waals surface area contributed by atoms with Gasteiger partial charge in [0.15, 0.2) is 0 Å². The second-order valence-electron chi connectivity index (χ2n) is 5.63. The van der Waals surface area contributed by atoms with Gasteiger partial charge < -0.3 is 10.8 Å². The number of hydrogen-bond acceptors (Lipinski definition) is 2. The molecule has 0 saturated heterocycles. The van der Waals surface area contributed by atoms with Crippen LogP contribution in [0.5, 0.6) is 0 Å². The molecule has 1 fully saturated rings. The molecule has 3 nitrogen and oxygen atoms in total. The van der Waals surface area contributed by atoms with Gasteiger partial charge in [-0.05, 0) is 42.2 Å². The highest BCUT2D eigenvalue weighted by molar-refractivity contribution is 5.68. The Hall–Kier alpha value is -1.35. The minimum absolute atomic E-state index is 0.135. The molecular formula is C15H21NO2. The van der Waals surface area contributed by atoms with Gasteiger partial charge in [0.1, 0.15) is 0 Å². The van der Waals surface area contributed by atoms with Crippen molar-refractivity contribution in [2.75, 3.05) is 6.54 Å². The summed E-state index contributed by atoms with van der Waals surface area (Å²) in [5.74, 6) is -0.738. The number of carboxylic acids is 1. The molecule has 0 aliphatic heterocycles. The molecule has 98 valence electrons. The maximum absolute atomic E-state index is 10.9. The maximum Gasteiger partial charge on any atom is 0.303 e. The molecule has 0 unspecified atom stereocenters. The van der Waals surface area contributed by atoms with E-state index >= 15 is 0 Å². The van der Waals surface area contributed by atoms with E-state index in [1.807, 2.05) is 18.2 Å². The van der Waals surface area contributed by atoms with Crippen LogP contribution in [0.2, 0.25) is 0 Å². The fraction of sp³-hybridized carbons (Fsp3) is 0.533. The number of carbonyl (C=O) groups is 1. The Balaban J connectivity index is 2.18. The van der Waals surface area contributed by atoms with E-state index in [2.05, 4.69) is 19.1 Å². The molecule has 1 aliphatic carbocycles. The second-order valence-corrected chi connectivity index (χ2v) is 5.63. The number of rotatable bonds is 5. The molecule has 2 rings (SSSR count). The summed E-state index contributed by atoms with van der Waals surface area (Å²) in [5.41, 5.74) is 7.07. The zero-order chi connectivity index (χ0) is 13.2. The van der Waals surface area contributed by atoms with E-state index in [0.717, 1.165) is 19.3 Å². The summed E-state index contributed by atoms with van der Waals surface area (Å²) in [6.45, 7) is 2.64. The van der Waals surface area contributed by atoms with Crippen LogP contribution in [0.15, 0.2) is 30.3 Å². The van der Waals surface area contributed by atoms with Crippen LogP contribution >= 0.6 is 0 Å². The van der Waals surface area contributed by atoms with Crippen molar-refractivity contribution in [3.63, 3.8) is 0 Å². The Morgan fingerprint density at radius 3 is 2.39 bits per heavy atom. The van der Waals surface area contributed by atoms with Gasteiger partial charge in [0, 0.05) is 0 Å². The van der Waals surface area contributed by atoms with Crippen LogP contribution in [0, 0.1) is 5.41 Å². The Labute approximate surface area is 108 Å². The van der Waals surface area contributed by atoms with Gasteiger partial charge in [-0.1, -0.05) is 37.3 Å². The van der Waals surface area contributed by atoms with Crippen molar-refractivity contribution in [2.24, 2.45) is 11.1 Å². The monoisotopic (exact) mass is 247 g/mol. The highest BCUT2D eigenvalue weighted by atomic mass is 16.4. The van der Waals surface area contributed by atoms with E-state index in [1.165, 1.54) is 5.56 Å². The SMILES string of the molecule is CC[C@]1(c2ccccc2)C[C@@](CN)(CC(=O)O)C1. The fourth-order valence-corrected chi connectivity index (χ4v) is 3.50. The van der Waals surface area contributed by atoms with Gasteiger partial charge in [-0.2, -0.15) is 0 Å².